The van der Waals surface area contributed by atoms with Crippen molar-refractivity contribution in [1.29, 1.82) is 0 Å². The van der Waals surface area contributed by atoms with E-state index in [1.807, 2.05) is 0 Å². The molecule has 1 nitrogen and oxygen atoms in total. The van der Waals surface area contributed by atoms with Gasteiger partial charge in [0.05, 0.1) is 0 Å². The third kappa shape index (κ3) is 3.41. The zero-order valence-electron chi connectivity index (χ0n) is 15.6. The summed E-state index contributed by atoms with van der Waals surface area (Å²) in [5.74, 6) is 0. The zero-order valence-corrected chi connectivity index (χ0v) is 15.6. The van der Waals surface area contributed by atoms with Gasteiger partial charge in [-0.2, -0.15) is 0 Å². The van der Waals surface area contributed by atoms with Gasteiger partial charge in [0.1, 0.15) is 7.05 Å². The molecular weight excluding hydrogens is 302 g/mol. The molecule has 0 bridgehead atoms. The largest absolute Gasteiger partial charge is 0.212 e. The van der Waals surface area contributed by atoms with Crippen molar-refractivity contribution in [3.8, 4) is 0 Å². The average molecular weight is 328 g/mol. The minimum atomic E-state index is -0.0921. The Hall–Kier alpha value is -2.67. The molecule has 0 fully saturated rings. The Morgan fingerprint density at radius 1 is 1.04 bits per heavy atom. The van der Waals surface area contributed by atoms with E-state index in [2.05, 4.69) is 112 Å². The van der Waals surface area contributed by atoms with Gasteiger partial charge in [0.2, 0.25) is 5.52 Å². The van der Waals surface area contributed by atoms with Gasteiger partial charge in [0.25, 0.3) is 0 Å². The van der Waals surface area contributed by atoms with E-state index >= 15 is 0 Å². The summed E-state index contributed by atoms with van der Waals surface area (Å²) in [6.07, 6.45) is 6.38. The van der Waals surface area contributed by atoms with Crippen LogP contribution < -0.4 is 4.57 Å². The molecule has 1 aromatic heterocycles. The summed E-state index contributed by atoms with van der Waals surface area (Å²) in [6.45, 7) is 11.0. The molecule has 25 heavy (non-hydrogen) atoms. The van der Waals surface area contributed by atoms with Crippen molar-refractivity contribution in [2.24, 2.45) is 7.05 Å². The SMILES string of the molecule is C=C(/C=C/c1ccc2c(ccc[n+]2C)c1)C(C)(C)c1ccccc1C. The summed E-state index contributed by atoms with van der Waals surface area (Å²) < 4.78 is 2.14. The Morgan fingerprint density at radius 2 is 1.80 bits per heavy atom. The van der Waals surface area contributed by atoms with E-state index in [0.29, 0.717) is 0 Å². The van der Waals surface area contributed by atoms with E-state index in [9.17, 15) is 0 Å². The van der Waals surface area contributed by atoms with E-state index in [0.717, 1.165) is 5.57 Å². The van der Waals surface area contributed by atoms with Crippen molar-refractivity contribution in [3.05, 3.63) is 95.7 Å². The van der Waals surface area contributed by atoms with Crippen LogP contribution >= 0.6 is 0 Å². The van der Waals surface area contributed by atoms with E-state index in [-0.39, 0.29) is 5.41 Å². The second kappa shape index (κ2) is 6.68. The van der Waals surface area contributed by atoms with E-state index in [1.165, 1.54) is 27.6 Å². The third-order valence-corrected chi connectivity index (χ3v) is 5.12. The second-order valence-corrected chi connectivity index (χ2v) is 7.24. The molecule has 126 valence electrons. The van der Waals surface area contributed by atoms with Crippen LogP contribution in [0.3, 0.4) is 0 Å². The number of hydrogen-bond acceptors (Lipinski definition) is 0. The molecule has 0 unspecified atom stereocenters. The molecular formula is C24H26N+. The Morgan fingerprint density at radius 3 is 2.56 bits per heavy atom. The van der Waals surface area contributed by atoms with Crippen LogP contribution in [0.5, 0.6) is 0 Å². The summed E-state index contributed by atoms with van der Waals surface area (Å²) in [7, 11) is 2.07. The van der Waals surface area contributed by atoms with E-state index in [1.54, 1.807) is 0 Å². The summed E-state index contributed by atoms with van der Waals surface area (Å²) >= 11 is 0. The van der Waals surface area contributed by atoms with Crippen LogP contribution in [0.1, 0.15) is 30.5 Å². The predicted molar refractivity (Wildman–Crippen MR) is 108 cm³/mol. The molecule has 0 saturated heterocycles. The van der Waals surface area contributed by atoms with Crippen molar-refractivity contribution in [2.75, 3.05) is 0 Å². The molecule has 0 amide bonds. The first-order valence-corrected chi connectivity index (χ1v) is 8.71. The van der Waals surface area contributed by atoms with Crippen molar-refractivity contribution < 1.29 is 4.57 Å². The minimum Gasteiger partial charge on any atom is -0.201 e. The summed E-state index contributed by atoms with van der Waals surface area (Å²) in [5.41, 5.74) is 6.08. The standard InChI is InChI=1S/C24H26N/c1-18-9-6-7-11-22(18)24(3,4)19(2)12-13-20-14-15-23-21(17-20)10-8-16-25(23)5/h6-17H,2H2,1,3-5H3/q+1/b13-12+. The number of benzene rings is 2. The van der Waals surface area contributed by atoms with Crippen LogP contribution in [0, 0.1) is 6.92 Å². The molecule has 0 N–H and O–H groups in total. The Labute approximate surface area is 151 Å². The number of rotatable bonds is 4. The quantitative estimate of drug-likeness (QED) is 0.438. The van der Waals surface area contributed by atoms with Gasteiger partial charge in [-0.25, -0.2) is 4.57 Å². The molecule has 3 aromatic rings. The molecule has 1 heteroatoms. The maximum atomic E-state index is 4.34. The first-order valence-electron chi connectivity index (χ1n) is 8.71. The summed E-state index contributed by atoms with van der Waals surface area (Å²) in [5, 5.41) is 1.25. The third-order valence-electron chi connectivity index (χ3n) is 5.12. The minimum absolute atomic E-state index is 0.0921. The molecule has 0 saturated carbocycles. The molecule has 0 spiro atoms. The number of fused-ring (bicyclic) bond motifs is 1. The number of aryl methyl sites for hydroxylation is 2. The van der Waals surface area contributed by atoms with E-state index < -0.39 is 0 Å². The highest BCUT2D eigenvalue weighted by Gasteiger charge is 2.24. The van der Waals surface area contributed by atoms with Crippen LogP contribution in [0.25, 0.3) is 17.0 Å². The first-order chi connectivity index (χ1) is 11.9. The highest BCUT2D eigenvalue weighted by atomic mass is 14.9. The van der Waals surface area contributed by atoms with Crippen molar-refractivity contribution in [2.45, 2.75) is 26.2 Å². The fraction of sp³-hybridized carbons (Fsp3) is 0.208. The molecule has 0 aliphatic rings. The number of allylic oxidation sites excluding steroid dienone is 2. The Kier molecular flexibility index (Phi) is 4.59. The molecule has 3 rings (SSSR count). The van der Waals surface area contributed by atoms with E-state index in [4.69, 9.17) is 0 Å². The Balaban J connectivity index is 1.89. The molecule has 2 aromatic carbocycles. The number of nitrogens with zero attached hydrogens (tertiary/aromatic N) is 1. The maximum absolute atomic E-state index is 4.34. The predicted octanol–water partition coefficient (Wildman–Crippen LogP) is 5.52. The number of pyridine rings is 1. The highest BCUT2D eigenvalue weighted by molar-refractivity contribution is 5.78. The fourth-order valence-electron chi connectivity index (χ4n) is 3.34. The molecule has 0 radical (unpaired) electrons. The van der Waals surface area contributed by atoms with Gasteiger partial charge in [-0.1, -0.05) is 56.8 Å². The lowest BCUT2D eigenvalue weighted by atomic mass is 9.76. The number of hydrogen-bond donors (Lipinski definition) is 0. The fourth-order valence-corrected chi connectivity index (χ4v) is 3.34. The summed E-state index contributed by atoms with van der Waals surface area (Å²) in [6, 6.07) is 19.3. The molecule has 0 aliphatic heterocycles. The smallest absolute Gasteiger partial charge is 0.201 e. The van der Waals surface area contributed by atoms with Crippen LogP contribution in [0.15, 0.2) is 79.0 Å². The van der Waals surface area contributed by atoms with Crippen molar-refractivity contribution in [1.82, 2.24) is 0 Å². The highest BCUT2D eigenvalue weighted by Crippen LogP contribution is 2.33. The zero-order chi connectivity index (χ0) is 18.0. The van der Waals surface area contributed by atoms with Gasteiger partial charge in [-0.15, -0.1) is 0 Å². The normalized spacial score (nSPS) is 12.0. The summed E-state index contributed by atoms with van der Waals surface area (Å²) in [4.78, 5) is 0. The van der Waals surface area contributed by atoms with Crippen LogP contribution in [0.4, 0.5) is 0 Å². The molecule has 0 aliphatic carbocycles. The van der Waals surface area contributed by atoms with Gasteiger partial charge in [-0.05, 0) is 47.4 Å². The monoisotopic (exact) mass is 328 g/mol. The average Bonchev–Trinajstić information content (AvgIpc) is 2.60. The van der Waals surface area contributed by atoms with Crippen LogP contribution in [-0.2, 0) is 12.5 Å². The van der Waals surface area contributed by atoms with Gasteiger partial charge in [-0.3, -0.25) is 0 Å². The van der Waals surface area contributed by atoms with Crippen LogP contribution in [-0.4, -0.2) is 0 Å². The van der Waals surface area contributed by atoms with Gasteiger partial charge < -0.3 is 0 Å². The van der Waals surface area contributed by atoms with Gasteiger partial charge in [0.15, 0.2) is 6.20 Å². The van der Waals surface area contributed by atoms with Crippen molar-refractivity contribution in [3.63, 3.8) is 0 Å². The van der Waals surface area contributed by atoms with Gasteiger partial charge in [0, 0.05) is 22.9 Å². The van der Waals surface area contributed by atoms with Crippen molar-refractivity contribution >= 4 is 17.0 Å². The lowest BCUT2D eigenvalue weighted by Gasteiger charge is -2.28. The lowest BCUT2D eigenvalue weighted by Crippen LogP contribution is -2.27. The second-order valence-electron chi connectivity index (χ2n) is 7.24. The lowest BCUT2D eigenvalue weighted by molar-refractivity contribution is -0.644. The number of aromatic nitrogens is 1. The maximum Gasteiger partial charge on any atom is 0.212 e. The topological polar surface area (TPSA) is 3.88 Å². The van der Waals surface area contributed by atoms with Gasteiger partial charge >= 0.3 is 0 Å². The van der Waals surface area contributed by atoms with Crippen LogP contribution in [0.2, 0.25) is 0 Å². The molecule has 1 heterocycles. The Bertz CT molecular complexity index is 961. The molecule has 0 atom stereocenters. The first kappa shape index (κ1) is 17.2.